The lowest BCUT2D eigenvalue weighted by Gasteiger charge is -2.20. The number of rotatable bonds is 8. The fraction of sp³-hybridized carbons (Fsp3) is 0.600. The molecule has 0 aliphatic carbocycles. The van der Waals surface area contributed by atoms with Crippen LogP contribution in [0.2, 0.25) is 5.15 Å². The Morgan fingerprint density at radius 1 is 1.40 bits per heavy atom. The number of nitrogens with zero attached hydrogens (tertiary/aromatic N) is 3. The van der Waals surface area contributed by atoms with E-state index < -0.39 is 0 Å². The fourth-order valence-corrected chi connectivity index (χ4v) is 2.33. The molecule has 1 N–H and O–H groups in total. The highest BCUT2D eigenvalue weighted by atomic mass is 35.5. The second-order valence-corrected chi connectivity index (χ2v) is 5.28. The van der Waals surface area contributed by atoms with E-state index in [0.717, 1.165) is 32.5 Å². The van der Waals surface area contributed by atoms with Crippen LogP contribution in [-0.2, 0) is 0 Å². The van der Waals surface area contributed by atoms with E-state index in [1.54, 1.807) is 12.1 Å². The van der Waals surface area contributed by atoms with E-state index in [-0.39, 0.29) is 0 Å². The SMILES string of the molecule is CCN(CC)CCCC(C)Nc1cc(C#N)cc(Cl)n1. The van der Waals surface area contributed by atoms with Gasteiger partial charge in [-0.3, -0.25) is 0 Å². The van der Waals surface area contributed by atoms with Gasteiger partial charge in [0.05, 0.1) is 11.6 Å². The predicted molar refractivity (Wildman–Crippen MR) is 84.1 cm³/mol. The van der Waals surface area contributed by atoms with Crippen LogP contribution in [0.4, 0.5) is 5.82 Å². The van der Waals surface area contributed by atoms with Crippen LogP contribution in [0.3, 0.4) is 0 Å². The molecule has 0 radical (unpaired) electrons. The Kier molecular flexibility index (Phi) is 7.35. The van der Waals surface area contributed by atoms with Gasteiger partial charge in [-0.1, -0.05) is 25.4 Å². The van der Waals surface area contributed by atoms with E-state index in [1.807, 2.05) is 0 Å². The zero-order chi connectivity index (χ0) is 15.0. The van der Waals surface area contributed by atoms with Gasteiger partial charge in [-0.25, -0.2) is 4.98 Å². The molecule has 5 heteroatoms. The molecule has 0 spiro atoms. The molecule has 4 nitrogen and oxygen atoms in total. The Labute approximate surface area is 126 Å². The summed E-state index contributed by atoms with van der Waals surface area (Å²) >= 11 is 5.89. The minimum Gasteiger partial charge on any atom is -0.368 e. The van der Waals surface area contributed by atoms with Crippen molar-refractivity contribution in [2.24, 2.45) is 0 Å². The molecule has 0 aliphatic heterocycles. The van der Waals surface area contributed by atoms with Gasteiger partial charge in [0.2, 0.25) is 0 Å². The standard InChI is InChI=1S/C15H23ClN4/c1-4-20(5-2)8-6-7-12(3)18-15-10-13(11-17)9-14(16)19-15/h9-10,12H,4-8H2,1-3H3,(H,18,19). The van der Waals surface area contributed by atoms with E-state index in [2.05, 4.69) is 42.0 Å². The van der Waals surface area contributed by atoms with Crippen LogP contribution in [-0.4, -0.2) is 35.6 Å². The number of hydrogen-bond donors (Lipinski definition) is 1. The molecule has 1 aromatic heterocycles. The van der Waals surface area contributed by atoms with Gasteiger partial charge in [-0.15, -0.1) is 0 Å². The molecule has 1 rings (SSSR count). The average molecular weight is 295 g/mol. The van der Waals surface area contributed by atoms with Crippen LogP contribution in [0.5, 0.6) is 0 Å². The van der Waals surface area contributed by atoms with Crippen molar-refractivity contribution in [3.63, 3.8) is 0 Å². The molecular formula is C15H23ClN4. The molecule has 0 aromatic carbocycles. The summed E-state index contributed by atoms with van der Waals surface area (Å²) in [5.41, 5.74) is 0.530. The van der Waals surface area contributed by atoms with Crippen molar-refractivity contribution in [3.8, 4) is 6.07 Å². The first-order chi connectivity index (χ1) is 9.58. The largest absolute Gasteiger partial charge is 0.368 e. The normalized spacial score (nSPS) is 12.2. The molecule has 1 aromatic rings. The maximum Gasteiger partial charge on any atom is 0.132 e. The average Bonchev–Trinajstić information content (AvgIpc) is 2.42. The molecule has 0 aliphatic rings. The Morgan fingerprint density at radius 2 is 2.10 bits per heavy atom. The quantitative estimate of drug-likeness (QED) is 0.745. The highest BCUT2D eigenvalue weighted by Crippen LogP contribution is 2.15. The van der Waals surface area contributed by atoms with Gasteiger partial charge >= 0.3 is 0 Å². The lowest BCUT2D eigenvalue weighted by Crippen LogP contribution is -2.25. The topological polar surface area (TPSA) is 52.0 Å². The summed E-state index contributed by atoms with van der Waals surface area (Å²) in [4.78, 5) is 6.60. The van der Waals surface area contributed by atoms with Crippen molar-refractivity contribution < 1.29 is 0 Å². The van der Waals surface area contributed by atoms with Crippen molar-refractivity contribution in [1.82, 2.24) is 9.88 Å². The molecule has 20 heavy (non-hydrogen) atoms. The number of nitriles is 1. The third-order valence-electron chi connectivity index (χ3n) is 3.32. The fourth-order valence-electron chi connectivity index (χ4n) is 2.12. The number of pyridine rings is 1. The molecule has 0 amide bonds. The predicted octanol–water partition coefficient (Wildman–Crippen LogP) is 3.53. The van der Waals surface area contributed by atoms with Crippen LogP contribution in [0, 0.1) is 11.3 Å². The second kappa shape index (κ2) is 8.78. The number of halogens is 1. The van der Waals surface area contributed by atoms with Crippen molar-refractivity contribution >= 4 is 17.4 Å². The zero-order valence-electron chi connectivity index (χ0n) is 12.5. The number of nitrogens with one attached hydrogen (secondary N) is 1. The van der Waals surface area contributed by atoms with E-state index in [0.29, 0.717) is 22.6 Å². The second-order valence-electron chi connectivity index (χ2n) is 4.89. The molecule has 0 fully saturated rings. The maximum absolute atomic E-state index is 8.91. The van der Waals surface area contributed by atoms with E-state index in [4.69, 9.17) is 16.9 Å². The molecule has 0 bridgehead atoms. The monoisotopic (exact) mass is 294 g/mol. The minimum absolute atomic E-state index is 0.308. The summed E-state index contributed by atoms with van der Waals surface area (Å²) in [5, 5.41) is 12.6. The first kappa shape index (κ1) is 16.7. The van der Waals surface area contributed by atoms with Gasteiger partial charge in [-0.2, -0.15) is 5.26 Å². The minimum atomic E-state index is 0.308. The summed E-state index contributed by atoms with van der Waals surface area (Å²) in [6, 6.07) is 5.69. The molecule has 110 valence electrons. The highest BCUT2D eigenvalue weighted by molar-refractivity contribution is 6.29. The Bertz CT molecular complexity index is 452. The van der Waals surface area contributed by atoms with Crippen LogP contribution >= 0.6 is 11.6 Å². The van der Waals surface area contributed by atoms with Crippen LogP contribution < -0.4 is 5.32 Å². The molecule has 1 atom stereocenters. The molecular weight excluding hydrogens is 272 g/mol. The summed E-state index contributed by atoms with van der Waals surface area (Å²) in [6.45, 7) is 9.80. The Hall–Kier alpha value is -1.31. The summed E-state index contributed by atoms with van der Waals surface area (Å²) in [6.07, 6.45) is 2.20. The van der Waals surface area contributed by atoms with E-state index in [1.165, 1.54) is 0 Å². The van der Waals surface area contributed by atoms with Crippen LogP contribution in [0.15, 0.2) is 12.1 Å². The molecule has 1 heterocycles. The lowest BCUT2D eigenvalue weighted by atomic mass is 10.1. The summed E-state index contributed by atoms with van der Waals surface area (Å²) < 4.78 is 0. The Morgan fingerprint density at radius 3 is 2.70 bits per heavy atom. The third-order valence-corrected chi connectivity index (χ3v) is 3.52. The maximum atomic E-state index is 8.91. The zero-order valence-corrected chi connectivity index (χ0v) is 13.2. The number of anilines is 1. The molecule has 0 saturated carbocycles. The van der Waals surface area contributed by atoms with Crippen molar-refractivity contribution in [1.29, 1.82) is 5.26 Å². The lowest BCUT2D eigenvalue weighted by molar-refractivity contribution is 0.295. The van der Waals surface area contributed by atoms with Crippen LogP contribution in [0.25, 0.3) is 0 Å². The summed E-state index contributed by atoms with van der Waals surface area (Å²) in [5.74, 6) is 0.671. The van der Waals surface area contributed by atoms with Gasteiger partial charge in [0, 0.05) is 6.04 Å². The van der Waals surface area contributed by atoms with E-state index >= 15 is 0 Å². The molecule has 0 saturated heterocycles. The van der Waals surface area contributed by atoms with Gasteiger partial charge in [0.25, 0.3) is 0 Å². The summed E-state index contributed by atoms with van der Waals surface area (Å²) in [7, 11) is 0. The van der Waals surface area contributed by atoms with Crippen molar-refractivity contribution in [3.05, 3.63) is 22.8 Å². The smallest absolute Gasteiger partial charge is 0.132 e. The van der Waals surface area contributed by atoms with Gasteiger partial charge in [0.1, 0.15) is 11.0 Å². The number of hydrogen-bond acceptors (Lipinski definition) is 4. The first-order valence-corrected chi connectivity index (χ1v) is 7.53. The highest BCUT2D eigenvalue weighted by Gasteiger charge is 2.07. The van der Waals surface area contributed by atoms with Gasteiger partial charge in [0.15, 0.2) is 0 Å². The van der Waals surface area contributed by atoms with Crippen LogP contribution in [0.1, 0.15) is 39.2 Å². The molecule has 1 unspecified atom stereocenters. The van der Waals surface area contributed by atoms with Crippen molar-refractivity contribution in [2.75, 3.05) is 25.0 Å². The van der Waals surface area contributed by atoms with Gasteiger partial charge in [-0.05, 0) is 51.5 Å². The van der Waals surface area contributed by atoms with Gasteiger partial charge < -0.3 is 10.2 Å². The Balaban J connectivity index is 2.44. The van der Waals surface area contributed by atoms with E-state index in [9.17, 15) is 0 Å². The number of aromatic nitrogens is 1. The van der Waals surface area contributed by atoms with Crippen molar-refractivity contribution in [2.45, 2.75) is 39.7 Å². The first-order valence-electron chi connectivity index (χ1n) is 7.15. The third kappa shape index (κ3) is 5.77.